The summed E-state index contributed by atoms with van der Waals surface area (Å²) < 4.78 is 8.66. The van der Waals surface area contributed by atoms with Crippen LogP contribution in [0.4, 0.5) is 5.95 Å². The molecule has 1 heterocycles. The lowest BCUT2D eigenvalue weighted by Gasteiger charge is -2.09. The van der Waals surface area contributed by atoms with Crippen molar-refractivity contribution in [2.24, 2.45) is 5.92 Å². The summed E-state index contributed by atoms with van der Waals surface area (Å²) in [5, 5.41) is 0. The molecule has 0 saturated carbocycles. The number of hydrogen-bond donors (Lipinski definition) is 1. The average Bonchev–Trinajstić information content (AvgIpc) is 2.65. The number of aromatic nitrogens is 2. The highest BCUT2D eigenvalue weighted by atomic mass is 79.9. The van der Waals surface area contributed by atoms with Gasteiger partial charge in [-0.3, -0.25) is 0 Å². The SMILES string of the molecule is CC(C)COCCCn1c(N)nc2ccc(Br)cc21. The van der Waals surface area contributed by atoms with Gasteiger partial charge in [0, 0.05) is 24.2 Å². The van der Waals surface area contributed by atoms with Crippen LogP contribution < -0.4 is 5.73 Å². The van der Waals surface area contributed by atoms with Crippen molar-refractivity contribution in [1.82, 2.24) is 9.55 Å². The molecule has 19 heavy (non-hydrogen) atoms. The Balaban J connectivity index is 2.00. The molecule has 2 aromatic rings. The number of benzene rings is 1. The number of imidazole rings is 1. The molecule has 0 unspecified atom stereocenters. The van der Waals surface area contributed by atoms with Crippen molar-refractivity contribution in [1.29, 1.82) is 0 Å². The summed E-state index contributed by atoms with van der Waals surface area (Å²) in [7, 11) is 0. The fourth-order valence-corrected chi connectivity index (χ4v) is 2.34. The summed E-state index contributed by atoms with van der Waals surface area (Å²) in [6, 6.07) is 6.00. The van der Waals surface area contributed by atoms with Crippen molar-refractivity contribution in [3.05, 3.63) is 22.7 Å². The van der Waals surface area contributed by atoms with Crippen molar-refractivity contribution < 1.29 is 4.74 Å². The van der Waals surface area contributed by atoms with Crippen LogP contribution in [0.1, 0.15) is 20.3 Å². The fourth-order valence-electron chi connectivity index (χ4n) is 1.99. The van der Waals surface area contributed by atoms with E-state index in [2.05, 4.69) is 34.8 Å². The van der Waals surface area contributed by atoms with E-state index >= 15 is 0 Å². The van der Waals surface area contributed by atoms with Crippen LogP contribution in [0, 0.1) is 5.92 Å². The highest BCUT2D eigenvalue weighted by Crippen LogP contribution is 2.22. The second kappa shape index (κ2) is 6.39. The van der Waals surface area contributed by atoms with Gasteiger partial charge >= 0.3 is 0 Å². The summed E-state index contributed by atoms with van der Waals surface area (Å²) in [5.74, 6) is 1.15. The van der Waals surface area contributed by atoms with Crippen molar-refractivity contribution in [2.75, 3.05) is 18.9 Å². The number of nitrogens with two attached hydrogens (primary N) is 1. The number of aryl methyl sites for hydroxylation is 1. The number of anilines is 1. The van der Waals surface area contributed by atoms with Gasteiger partial charge in [0.25, 0.3) is 0 Å². The van der Waals surface area contributed by atoms with Gasteiger partial charge in [0.2, 0.25) is 5.95 Å². The van der Waals surface area contributed by atoms with Crippen LogP contribution in [-0.4, -0.2) is 22.8 Å². The molecular formula is C14H20BrN3O. The molecule has 5 heteroatoms. The summed E-state index contributed by atoms with van der Waals surface area (Å²) in [5.41, 5.74) is 7.96. The molecule has 0 amide bonds. The van der Waals surface area contributed by atoms with Gasteiger partial charge < -0.3 is 15.0 Å². The smallest absolute Gasteiger partial charge is 0.201 e. The summed E-state index contributed by atoms with van der Waals surface area (Å²) in [6.45, 7) is 6.70. The van der Waals surface area contributed by atoms with Gasteiger partial charge in [-0.25, -0.2) is 4.98 Å². The Morgan fingerprint density at radius 1 is 1.42 bits per heavy atom. The monoisotopic (exact) mass is 325 g/mol. The van der Waals surface area contributed by atoms with Crippen molar-refractivity contribution >= 4 is 32.9 Å². The van der Waals surface area contributed by atoms with E-state index in [4.69, 9.17) is 10.5 Å². The Hall–Kier alpha value is -1.07. The number of rotatable bonds is 6. The third kappa shape index (κ3) is 3.70. The molecule has 0 fully saturated rings. The molecule has 0 aliphatic carbocycles. The van der Waals surface area contributed by atoms with E-state index < -0.39 is 0 Å². The van der Waals surface area contributed by atoms with Crippen LogP contribution in [0.2, 0.25) is 0 Å². The van der Waals surface area contributed by atoms with Crippen LogP contribution in [0.5, 0.6) is 0 Å². The van der Waals surface area contributed by atoms with Gasteiger partial charge in [0.1, 0.15) is 0 Å². The molecule has 1 aromatic carbocycles. The Morgan fingerprint density at radius 2 is 2.21 bits per heavy atom. The van der Waals surface area contributed by atoms with E-state index in [1.54, 1.807) is 0 Å². The van der Waals surface area contributed by atoms with E-state index in [-0.39, 0.29) is 0 Å². The van der Waals surface area contributed by atoms with Crippen molar-refractivity contribution in [2.45, 2.75) is 26.8 Å². The Kier molecular flexibility index (Phi) is 4.82. The molecular weight excluding hydrogens is 306 g/mol. The maximum atomic E-state index is 5.96. The van der Waals surface area contributed by atoms with E-state index in [1.165, 1.54) is 0 Å². The lowest BCUT2D eigenvalue weighted by atomic mass is 10.2. The first-order valence-corrected chi connectivity index (χ1v) is 7.36. The van der Waals surface area contributed by atoms with Gasteiger partial charge in [-0.05, 0) is 30.5 Å². The first-order valence-electron chi connectivity index (χ1n) is 6.57. The molecule has 0 aliphatic heterocycles. The Labute approximate surface area is 122 Å². The minimum atomic E-state index is 0.567. The Bertz CT molecular complexity index is 551. The first-order chi connectivity index (χ1) is 9.08. The predicted octanol–water partition coefficient (Wildman–Crippen LogP) is 3.44. The molecule has 1 aromatic heterocycles. The number of halogens is 1. The van der Waals surface area contributed by atoms with E-state index in [0.717, 1.165) is 41.7 Å². The molecule has 0 saturated heterocycles. The van der Waals surface area contributed by atoms with E-state index in [9.17, 15) is 0 Å². The van der Waals surface area contributed by atoms with Crippen molar-refractivity contribution in [3.63, 3.8) is 0 Å². The van der Waals surface area contributed by atoms with Crippen LogP contribution in [0.3, 0.4) is 0 Å². The third-order valence-corrected chi connectivity index (χ3v) is 3.35. The molecule has 4 nitrogen and oxygen atoms in total. The summed E-state index contributed by atoms with van der Waals surface area (Å²) in [4.78, 5) is 4.36. The number of fused-ring (bicyclic) bond motifs is 1. The minimum absolute atomic E-state index is 0.567. The molecule has 0 aliphatic rings. The second-order valence-electron chi connectivity index (χ2n) is 5.08. The molecule has 2 N–H and O–H groups in total. The van der Waals surface area contributed by atoms with Crippen LogP contribution in [0.15, 0.2) is 22.7 Å². The highest BCUT2D eigenvalue weighted by molar-refractivity contribution is 9.10. The molecule has 0 radical (unpaired) electrons. The molecule has 104 valence electrons. The fraction of sp³-hybridized carbons (Fsp3) is 0.500. The quantitative estimate of drug-likeness (QED) is 0.827. The molecule has 2 rings (SSSR count). The minimum Gasteiger partial charge on any atom is -0.381 e. The summed E-state index contributed by atoms with van der Waals surface area (Å²) in [6.07, 6.45) is 0.939. The second-order valence-corrected chi connectivity index (χ2v) is 5.99. The number of ether oxygens (including phenoxy) is 1. The zero-order valence-electron chi connectivity index (χ0n) is 11.4. The maximum absolute atomic E-state index is 5.96. The van der Waals surface area contributed by atoms with Crippen LogP contribution >= 0.6 is 15.9 Å². The van der Waals surface area contributed by atoms with Crippen LogP contribution in [0.25, 0.3) is 11.0 Å². The van der Waals surface area contributed by atoms with Gasteiger partial charge in [-0.15, -0.1) is 0 Å². The average molecular weight is 326 g/mol. The largest absolute Gasteiger partial charge is 0.381 e. The highest BCUT2D eigenvalue weighted by Gasteiger charge is 2.08. The Morgan fingerprint density at radius 3 is 2.95 bits per heavy atom. The molecule has 0 atom stereocenters. The van der Waals surface area contributed by atoms with E-state index in [0.29, 0.717) is 11.9 Å². The van der Waals surface area contributed by atoms with Crippen molar-refractivity contribution in [3.8, 4) is 0 Å². The van der Waals surface area contributed by atoms with Gasteiger partial charge in [0.05, 0.1) is 11.0 Å². The number of nitrogen functional groups attached to an aromatic ring is 1. The number of nitrogens with zero attached hydrogens (tertiary/aromatic N) is 2. The standard InChI is InChI=1S/C14H20BrN3O/c1-10(2)9-19-7-3-6-18-13-8-11(15)4-5-12(13)17-14(18)16/h4-5,8,10H,3,6-7,9H2,1-2H3,(H2,16,17). The van der Waals surface area contributed by atoms with Gasteiger partial charge in [0.15, 0.2) is 0 Å². The van der Waals surface area contributed by atoms with Gasteiger partial charge in [-0.1, -0.05) is 29.8 Å². The zero-order valence-corrected chi connectivity index (χ0v) is 13.0. The zero-order chi connectivity index (χ0) is 13.8. The van der Waals surface area contributed by atoms with Crippen LogP contribution in [-0.2, 0) is 11.3 Å². The summed E-state index contributed by atoms with van der Waals surface area (Å²) >= 11 is 3.48. The normalized spacial score (nSPS) is 11.6. The van der Waals surface area contributed by atoms with Gasteiger partial charge in [-0.2, -0.15) is 0 Å². The van der Waals surface area contributed by atoms with E-state index in [1.807, 2.05) is 22.8 Å². The predicted molar refractivity (Wildman–Crippen MR) is 82.1 cm³/mol. The topological polar surface area (TPSA) is 53.1 Å². The molecule has 0 bridgehead atoms. The third-order valence-electron chi connectivity index (χ3n) is 2.86. The number of hydrogen-bond acceptors (Lipinski definition) is 3. The lowest BCUT2D eigenvalue weighted by molar-refractivity contribution is 0.105. The lowest BCUT2D eigenvalue weighted by Crippen LogP contribution is -2.08. The first kappa shape index (κ1) is 14.3. The molecule has 0 spiro atoms. The maximum Gasteiger partial charge on any atom is 0.201 e.